The molecule has 0 aliphatic rings. The van der Waals surface area contributed by atoms with E-state index in [1.165, 1.54) is 0 Å². The van der Waals surface area contributed by atoms with Crippen LogP contribution < -0.4 is 15.4 Å². The number of hydrogen-bond acceptors (Lipinski definition) is 3. The molecule has 0 aromatic heterocycles. The third-order valence-corrected chi connectivity index (χ3v) is 3.30. The highest BCUT2D eigenvalue weighted by molar-refractivity contribution is 7.98. The Bertz CT molecular complexity index is 415. The number of thioether (sulfide) groups is 1. The Hall–Kier alpha value is -1.07. The number of ether oxygens (including phenoxy) is 1. The van der Waals surface area contributed by atoms with Gasteiger partial charge in [-0.3, -0.25) is 4.99 Å². The molecule has 2 N–H and O–H groups in total. The molecular formula is C14H22ClN3OS. The summed E-state index contributed by atoms with van der Waals surface area (Å²) >= 11 is 7.80. The van der Waals surface area contributed by atoms with Gasteiger partial charge in [0.1, 0.15) is 12.4 Å². The van der Waals surface area contributed by atoms with Gasteiger partial charge in [-0.1, -0.05) is 23.7 Å². The minimum atomic E-state index is 0.538. The molecular weight excluding hydrogens is 294 g/mol. The molecule has 0 atom stereocenters. The summed E-state index contributed by atoms with van der Waals surface area (Å²) in [5.74, 6) is 2.55. The third-order valence-electron chi connectivity index (χ3n) is 2.40. The van der Waals surface area contributed by atoms with Gasteiger partial charge in [0.15, 0.2) is 5.96 Å². The zero-order chi connectivity index (χ0) is 14.6. The average Bonchev–Trinajstić information content (AvgIpc) is 2.45. The van der Waals surface area contributed by atoms with Gasteiger partial charge in [0, 0.05) is 12.3 Å². The van der Waals surface area contributed by atoms with Crippen LogP contribution in [0.15, 0.2) is 29.3 Å². The maximum atomic E-state index is 6.02. The van der Waals surface area contributed by atoms with Crippen molar-refractivity contribution in [2.75, 3.05) is 38.2 Å². The average molecular weight is 316 g/mol. The number of halogens is 1. The van der Waals surface area contributed by atoms with Crippen molar-refractivity contribution in [2.24, 2.45) is 4.99 Å². The largest absolute Gasteiger partial charge is 0.490 e. The Morgan fingerprint density at radius 2 is 2.15 bits per heavy atom. The Labute approximate surface area is 130 Å². The van der Waals surface area contributed by atoms with Crippen molar-refractivity contribution in [3.8, 4) is 5.75 Å². The van der Waals surface area contributed by atoms with Gasteiger partial charge < -0.3 is 15.4 Å². The zero-order valence-corrected chi connectivity index (χ0v) is 13.6. The number of aliphatic imine (C=N–C) groups is 1. The number of rotatable bonds is 8. The van der Waals surface area contributed by atoms with Crippen LogP contribution in [0.4, 0.5) is 0 Å². The van der Waals surface area contributed by atoms with E-state index in [-0.39, 0.29) is 0 Å². The van der Waals surface area contributed by atoms with Crippen LogP contribution >= 0.6 is 23.4 Å². The molecule has 0 saturated carbocycles. The molecule has 1 aromatic rings. The smallest absolute Gasteiger partial charge is 0.191 e. The number of para-hydroxylation sites is 1. The monoisotopic (exact) mass is 315 g/mol. The highest BCUT2D eigenvalue weighted by atomic mass is 35.5. The van der Waals surface area contributed by atoms with Crippen LogP contribution in [0.2, 0.25) is 5.02 Å². The SMILES string of the molecule is CCNC(=NCCSC)NCCOc1ccccc1Cl. The van der Waals surface area contributed by atoms with E-state index in [4.69, 9.17) is 16.3 Å². The second-order valence-electron chi connectivity index (χ2n) is 3.96. The highest BCUT2D eigenvalue weighted by Crippen LogP contribution is 2.22. The topological polar surface area (TPSA) is 45.7 Å². The molecule has 0 unspecified atom stereocenters. The summed E-state index contributed by atoms with van der Waals surface area (Å²) in [7, 11) is 0. The van der Waals surface area contributed by atoms with Gasteiger partial charge in [-0.15, -0.1) is 0 Å². The molecule has 0 aliphatic carbocycles. The Morgan fingerprint density at radius 3 is 2.85 bits per heavy atom. The molecule has 0 amide bonds. The van der Waals surface area contributed by atoms with Crippen molar-refractivity contribution < 1.29 is 4.74 Å². The lowest BCUT2D eigenvalue weighted by molar-refractivity contribution is 0.322. The zero-order valence-electron chi connectivity index (χ0n) is 12.0. The predicted molar refractivity (Wildman–Crippen MR) is 89.3 cm³/mol. The summed E-state index contributed by atoms with van der Waals surface area (Å²) in [6, 6.07) is 7.47. The second kappa shape index (κ2) is 10.7. The van der Waals surface area contributed by atoms with Gasteiger partial charge in [-0.2, -0.15) is 11.8 Å². The summed E-state index contributed by atoms with van der Waals surface area (Å²) in [4.78, 5) is 4.46. The molecule has 0 aliphatic heterocycles. The van der Waals surface area contributed by atoms with Crippen molar-refractivity contribution in [2.45, 2.75) is 6.92 Å². The fraction of sp³-hybridized carbons (Fsp3) is 0.500. The van der Waals surface area contributed by atoms with E-state index in [0.717, 1.165) is 24.8 Å². The Balaban J connectivity index is 2.30. The van der Waals surface area contributed by atoms with Crippen LogP contribution in [0, 0.1) is 0 Å². The van der Waals surface area contributed by atoms with E-state index in [9.17, 15) is 0 Å². The first kappa shape index (κ1) is 17.0. The molecule has 6 heteroatoms. The first-order chi connectivity index (χ1) is 9.77. The standard InChI is InChI=1S/C14H22ClN3OS/c1-3-16-14(18-9-11-20-2)17-8-10-19-13-7-5-4-6-12(13)15/h4-7H,3,8-11H2,1-2H3,(H2,16,17,18). The molecule has 0 bridgehead atoms. The van der Waals surface area contributed by atoms with Crippen molar-refractivity contribution in [3.63, 3.8) is 0 Å². The lowest BCUT2D eigenvalue weighted by Crippen LogP contribution is -2.39. The van der Waals surface area contributed by atoms with Gasteiger partial charge in [0.2, 0.25) is 0 Å². The number of hydrogen-bond donors (Lipinski definition) is 2. The van der Waals surface area contributed by atoms with Crippen LogP contribution in [0.1, 0.15) is 6.92 Å². The molecule has 4 nitrogen and oxygen atoms in total. The van der Waals surface area contributed by atoms with Crippen LogP contribution in [0.3, 0.4) is 0 Å². The summed E-state index contributed by atoms with van der Waals surface area (Å²) in [6.45, 7) is 4.91. The third kappa shape index (κ3) is 6.91. The number of nitrogens with zero attached hydrogens (tertiary/aromatic N) is 1. The molecule has 0 fully saturated rings. The second-order valence-corrected chi connectivity index (χ2v) is 5.35. The Morgan fingerprint density at radius 1 is 1.35 bits per heavy atom. The van der Waals surface area contributed by atoms with Crippen molar-refractivity contribution in [1.82, 2.24) is 10.6 Å². The van der Waals surface area contributed by atoms with Gasteiger partial charge in [-0.25, -0.2) is 0 Å². The quantitative estimate of drug-likeness (QED) is 0.440. The molecule has 0 radical (unpaired) electrons. The van der Waals surface area contributed by atoms with E-state index < -0.39 is 0 Å². The minimum Gasteiger partial charge on any atom is -0.490 e. The van der Waals surface area contributed by atoms with E-state index in [1.807, 2.05) is 31.2 Å². The van der Waals surface area contributed by atoms with Crippen molar-refractivity contribution in [1.29, 1.82) is 0 Å². The van der Waals surface area contributed by atoms with Gasteiger partial charge in [-0.05, 0) is 25.3 Å². The first-order valence-electron chi connectivity index (χ1n) is 6.66. The van der Waals surface area contributed by atoms with E-state index in [2.05, 4.69) is 21.9 Å². The summed E-state index contributed by atoms with van der Waals surface area (Å²) in [6.07, 6.45) is 2.08. The molecule has 1 aromatic carbocycles. The van der Waals surface area contributed by atoms with Gasteiger partial charge >= 0.3 is 0 Å². The van der Waals surface area contributed by atoms with E-state index >= 15 is 0 Å². The fourth-order valence-corrected chi connectivity index (χ4v) is 1.95. The van der Waals surface area contributed by atoms with Gasteiger partial charge in [0.25, 0.3) is 0 Å². The Kier molecular flexibility index (Phi) is 9.07. The summed E-state index contributed by atoms with van der Waals surface area (Å²) < 4.78 is 5.61. The maximum Gasteiger partial charge on any atom is 0.191 e. The maximum absolute atomic E-state index is 6.02. The fourth-order valence-electron chi connectivity index (χ4n) is 1.48. The summed E-state index contributed by atoms with van der Waals surface area (Å²) in [5.41, 5.74) is 0. The molecule has 1 rings (SSSR count). The number of nitrogens with one attached hydrogen (secondary N) is 2. The van der Waals surface area contributed by atoms with E-state index in [1.54, 1.807) is 11.8 Å². The number of guanidine groups is 1. The molecule has 0 saturated heterocycles. The highest BCUT2D eigenvalue weighted by Gasteiger charge is 2.00. The van der Waals surface area contributed by atoms with E-state index in [0.29, 0.717) is 23.9 Å². The van der Waals surface area contributed by atoms with Crippen LogP contribution in [0.25, 0.3) is 0 Å². The molecule has 112 valence electrons. The van der Waals surface area contributed by atoms with Crippen LogP contribution in [-0.4, -0.2) is 44.2 Å². The van der Waals surface area contributed by atoms with Gasteiger partial charge in [0.05, 0.1) is 18.1 Å². The lowest BCUT2D eigenvalue weighted by atomic mass is 10.3. The lowest BCUT2D eigenvalue weighted by Gasteiger charge is -2.12. The van der Waals surface area contributed by atoms with Crippen LogP contribution in [-0.2, 0) is 0 Å². The summed E-state index contributed by atoms with van der Waals surface area (Å²) in [5, 5.41) is 7.06. The first-order valence-corrected chi connectivity index (χ1v) is 8.43. The van der Waals surface area contributed by atoms with Crippen molar-refractivity contribution >= 4 is 29.3 Å². The molecule has 0 spiro atoms. The van der Waals surface area contributed by atoms with Crippen LogP contribution in [0.5, 0.6) is 5.75 Å². The van der Waals surface area contributed by atoms with Crippen molar-refractivity contribution in [3.05, 3.63) is 29.3 Å². The normalized spacial score (nSPS) is 11.2. The molecule has 0 heterocycles. The molecule has 20 heavy (non-hydrogen) atoms. The predicted octanol–water partition coefficient (Wildman–Crippen LogP) is 2.64. The minimum absolute atomic E-state index is 0.538. The number of benzene rings is 1.